The maximum Gasteiger partial charge on any atom is 0.657 e. The second kappa shape index (κ2) is 3.43. The lowest BCUT2D eigenvalue weighted by atomic mass is 10.1. The molecule has 5 rings (SSSR count). The van der Waals surface area contributed by atoms with E-state index in [1.54, 1.807) is 0 Å². The molecule has 116 valence electrons. The summed E-state index contributed by atoms with van der Waals surface area (Å²) < 4.78 is 39.7. The summed E-state index contributed by atoms with van der Waals surface area (Å²) in [6, 6.07) is 0. The standard InChI is InChI=1S/C8H4B2O12/c11-5-1-2-6(12)20-10(16-2)18-4(8(14)22-10)3-7(13)21-9(15-1,17-3)19-5/h1-4H/q-2. The lowest BCUT2D eigenvalue weighted by Gasteiger charge is -2.30. The zero-order valence-electron chi connectivity index (χ0n) is 10.4. The van der Waals surface area contributed by atoms with Gasteiger partial charge in [-0.2, -0.15) is 0 Å². The van der Waals surface area contributed by atoms with Crippen LogP contribution in [0.4, 0.5) is 0 Å². The highest BCUT2D eigenvalue weighted by atomic mass is 17.0. The molecule has 14 heteroatoms. The molecule has 0 amide bonds. The van der Waals surface area contributed by atoms with E-state index in [1.165, 1.54) is 0 Å². The van der Waals surface area contributed by atoms with Crippen LogP contribution in [0.25, 0.3) is 0 Å². The summed E-state index contributed by atoms with van der Waals surface area (Å²) in [5.41, 5.74) is 0. The van der Waals surface area contributed by atoms with E-state index in [-0.39, 0.29) is 0 Å². The monoisotopic (exact) mass is 314 g/mol. The number of fused-ring (bicyclic) bond motifs is 6. The summed E-state index contributed by atoms with van der Waals surface area (Å²) in [5, 5.41) is 0. The van der Waals surface area contributed by atoms with E-state index in [9.17, 15) is 19.2 Å². The Labute approximate surface area is 119 Å². The molecule has 0 N–H and O–H groups in total. The van der Waals surface area contributed by atoms with Crippen molar-refractivity contribution in [1.29, 1.82) is 0 Å². The molecule has 0 saturated carbocycles. The largest absolute Gasteiger partial charge is 0.657 e. The molecule has 0 aromatic carbocycles. The second-order valence-corrected chi connectivity index (χ2v) is 5.13. The Morgan fingerprint density at radius 2 is 0.727 bits per heavy atom. The van der Waals surface area contributed by atoms with Crippen LogP contribution in [0.3, 0.4) is 0 Å². The Morgan fingerprint density at radius 1 is 0.500 bits per heavy atom. The van der Waals surface area contributed by atoms with E-state index in [4.69, 9.17) is 37.2 Å². The smallest absolute Gasteiger partial charge is 0.606 e. The highest BCUT2D eigenvalue weighted by Crippen LogP contribution is 2.42. The molecule has 5 fully saturated rings. The number of hydrogen-bond donors (Lipinski definition) is 0. The number of carbonyl (C=O) groups excluding carboxylic acids is 4. The maximum absolute atomic E-state index is 11.8. The Bertz CT molecular complexity index is 548. The first-order valence-corrected chi connectivity index (χ1v) is 6.28. The van der Waals surface area contributed by atoms with Gasteiger partial charge in [-0.05, 0) is 0 Å². The fourth-order valence-corrected chi connectivity index (χ4v) is 2.89. The fourth-order valence-electron chi connectivity index (χ4n) is 2.89. The Balaban J connectivity index is 1.66. The Morgan fingerprint density at radius 3 is 0.955 bits per heavy atom. The van der Waals surface area contributed by atoms with Crippen LogP contribution in [0.2, 0.25) is 0 Å². The van der Waals surface area contributed by atoms with Gasteiger partial charge in [0.05, 0.1) is 0 Å². The molecule has 4 unspecified atom stereocenters. The van der Waals surface area contributed by atoms with Crippen LogP contribution >= 0.6 is 0 Å². The SMILES string of the molecule is O=C1O[B-]23OC(=O)C(O2)C2O[B-]4(OC(=O)C(O4)C1O3)OC2=O. The van der Waals surface area contributed by atoms with Crippen molar-refractivity contribution in [3.63, 3.8) is 0 Å². The average molecular weight is 314 g/mol. The Kier molecular flexibility index (Phi) is 1.93. The van der Waals surface area contributed by atoms with Crippen LogP contribution in [0.1, 0.15) is 0 Å². The second-order valence-electron chi connectivity index (χ2n) is 5.13. The molecule has 4 atom stereocenters. The highest BCUT2D eigenvalue weighted by molar-refractivity contribution is 6.63. The zero-order chi connectivity index (χ0) is 15.3. The molecular weight excluding hydrogens is 310 g/mol. The minimum absolute atomic E-state index is 1.05. The van der Waals surface area contributed by atoms with E-state index in [2.05, 4.69) is 0 Å². The van der Waals surface area contributed by atoms with E-state index >= 15 is 0 Å². The molecule has 5 aliphatic rings. The average Bonchev–Trinajstić information content (AvgIpc) is 3.09. The van der Waals surface area contributed by atoms with Crippen molar-refractivity contribution in [2.75, 3.05) is 0 Å². The first-order chi connectivity index (χ1) is 10.4. The van der Waals surface area contributed by atoms with Crippen LogP contribution in [0.5, 0.6) is 0 Å². The summed E-state index contributed by atoms with van der Waals surface area (Å²) in [6.45, 7) is -6.48. The minimum Gasteiger partial charge on any atom is -0.606 e. The summed E-state index contributed by atoms with van der Waals surface area (Å²) in [4.78, 5) is 47.4. The van der Waals surface area contributed by atoms with Gasteiger partial charge in [0.1, 0.15) is 24.4 Å². The molecule has 6 bridgehead atoms. The van der Waals surface area contributed by atoms with Gasteiger partial charge >= 0.3 is 13.9 Å². The quantitative estimate of drug-likeness (QED) is 0.412. The summed E-state index contributed by atoms with van der Waals surface area (Å²) in [6.07, 6.45) is -6.45. The third kappa shape index (κ3) is 1.32. The van der Waals surface area contributed by atoms with Crippen LogP contribution in [0, 0.1) is 0 Å². The summed E-state index contributed by atoms with van der Waals surface area (Å²) in [7, 11) is 0. The fraction of sp³-hybridized carbons (Fsp3) is 0.500. The molecule has 0 radical (unpaired) electrons. The van der Waals surface area contributed by atoms with Crippen LogP contribution in [-0.4, -0.2) is 62.2 Å². The van der Waals surface area contributed by atoms with Crippen molar-refractivity contribution in [3.8, 4) is 0 Å². The number of rotatable bonds is 0. The van der Waals surface area contributed by atoms with Gasteiger partial charge in [0.25, 0.3) is 23.9 Å². The van der Waals surface area contributed by atoms with Gasteiger partial charge in [0, 0.05) is 0 Å². The summed E-state index contributed by atoms with van der Waals surface area (Å²) >= 11 is 0. The van der Waals surface area contributed by atoms with Gasteiger partial charge in [0.2, 0.25) is 0 Å². The lowest BCUT2D eigenvalue weighted by molar-refractivity contribution is -0.147. The normalized spacial score (nSPS) is 51.3. The molecular formula is C8H4B2O12-2. The zero-order valence-corrected chi connectivity index (χ0v) is 10.4. The van der Waals surface area contributed by atoms with Crippen molar-refractivity contribution >= 4 is 37.8 Å². The van der Waals surface area contributed by atoms with Crippen molar-refractivity contribution in [2.24, 2.45) is 0 Å². The van der Waals surface area contributed by atoms with Gasteiger partial charge in [-0.15, -0.1) is 0 Å². The van der Waals surface area contributed by atoms with Crippen LogP contribution < -0.4 is 0 Å². The topological polar surface area (TPSA) is 142 Å². The molecule has 0 aromatic heterocycles. The van der Waals surface area contributed by atoms with Gasteiger partial charge in [-0.3, -0.25) is 19.2 Å². The van der Waals surface area contributed by atoms with Gasteiger partial charge in [-0.1, -0.05) is 0 Å². The first kappa shape index (κ1) is 12.4. The van der Waals surface area contributed by atoms with E-state index in [0.29, 0.717) is 0 Å². The molecule has 2 spiro atoms. The van der Waals surface area contributed by atoms with E-state index in [1.807, 2.05) is 0 Å². The Hall–Kier alpha value is -2.15. The maximum atomic E-state index is 11.8. The van der Waals surface area contributed by atoms with Crippen LogP contribution in [0.15, 0.2) is 0 Å². The van der Waals surface area contributed by atoms with Crippen molar-refractivity contribution < 1.29 is 56.4 Å². The molecule has 5 heterocycles. The van der Waals surface area contributed by atoms with Gasteiger partial charge in [0.15, 0.2) is 0 Å². The third-order valence-corrected chi connectivity index (χ3v) is 3.77. The minimum atomic E-state index is -3.24. The molecule has 22 heavy (non-hydrogen) atoms. The van der Waals surface area contributed by atoms with E-state index < -0.39 is 62.2 Å². The first-order valence-electron chi connectivity index (χ1n) is 6.28. The summed E-state index contributed by atoms with van der Waals surface area (Å²) in [5.74, 6) is -4.19. The van der Waals surface area contributed by atoms with Crippen molar-refractivity contribution in [3.05, 3.63) is 0 Å². The highest BCUT2D eigenvalue weighted by Gasteiger charge is 2.69. The number of hydrogen-bond acceptors (Lipinski definition) is 12. The lowest BCUT2D eigenvalue weighted by Crippen LogP contribution is -2.47. The molecule has 5 aliphatic heterocycles. The predicted molar refractivity (Wildman–Crippen MR) is 55.4 cm³/mol. The number of carbonyl (C=O) groups is 4. The predicted octanol–water partition coefficient (Wildman–Crippen LogP) is -3.36. The molecule has 0 aromatic rings. The van der Waals surface area contributed by atoms with Crippen LogP contribution in [-0.2, 0) is 56.4 Å². The van der Waals surface area contributed by atoms with Gasteiger partial charge in [-0.25, -0.2) is 0 Å². The molecule has 0 aliphatic carbocycles. The van der Waals surface area contributed by atoms with Gasteiger partial charge < -0.3 is 37.2 Å². The third-order valence-electron chi connectivity index (χ3n) is 3.77. The van der Waals surface area contributed by atoms with Crippen molar-refractivity contribution in [1.82, 2.24) is 0 Å². The molecule has 5 saturated heterocycles. The molecule has 12 nitrogen and oxygen atoms in total. The van der Waals surface area contributed by atoms with E-state index in [0.717, 1.165) is 0 Å². The van der Waals surface area contributed by atoms with Crippen molar-refractivity contribution in [2.45, 2.75) is 24.4 Å².